The number of likely N-dealkylation sites (N-methyl/N-ethyl adjacent to an activating group) is 1. The van der Waals surface area contributed by atoms with Gasteiger partial charge in [0.15, 0.2) is 0 Å². The predicted molar refractivity (Wildman–Crippen MR) is 83.0 cm³/mol. The van der Waals surface area contributed by atoms with E-state index in [0.717, 1.165) is 18.4 Å². The van der Waals surface area contributed by atoms with Crippen LogP contribution < -0.4 is 0 Å². The molecule has 1 aromatic rings. The van der Waals surface area contributed by atoms with Crippen LogP contribution in [0.2, 0.25) is 0 Å². The number of hydrogen-bond donors (Lipinski definition) is 1. The number of epoxide rings is 1. The van der Waals surface area contributed by atoms with Crippen molar-refractivity contribution in [3.05, 3.63) is 35.9 Å². The maximum Gasteiger partial charge on any atom is 0.316 e. The number of esters is 1. The number of piperidine rings is 1. The molecule has 4 rings (SSSR count). The van der Waals surface area contributed by atoms with Gasteiger partial charge in [0, 0.05) is 24.9 Å². The third kappa shape index (κ3) is 2.76. The number of morpholine rings is 1. The van der Waals surface area contributed by atoms with E-state index in [9.17, 15) is 9.90 Å². The van der Waals surface area contributed by atoms with Gasteiger partial charge in [0.2, 0.25) is 0 Å². The molecule has 2 bridgehead atoms. The summed E-state index contributed by atoms with van der Waals surface area (Å²) in [5.41, 5.74) is 0.803. The normalized spacial score (nSPS) is 35.8. The smallest absolute Gasteiger partial charge is 0.316 e. The summed E-state index contributed by atoms with van der Waals surface area (Å²) >= 11 is 0. The van der Waals surface area contributed by atoms with E-state index in [4.69, 9.17) is 9.47 Å². The van der Waals surface area contributed by atoms with Gasteiger partial charge in [-0.05, 0) is 12.6 Å². The topological polar surface area (TPSA) is 93.8 Å². The fourth-order valence-corrected chi connectivity index (χ4v) is 4.04. The van der Waals surface area contributed by atoms with Crippen LogP contribution >= 0.6 is 0 Å². The number of hydrogen-bond acceptors (Lipinski definition) is 5. The van der Waals surface area contributed by atoms with Gasteiger partial charge in [-0.25, -0.2) is 0 Å². The summed E-state index contributed by atoms with van der Waals surface area (Å²) in [5.74, 6) is -0.915. The van der Waals surface area contributed by atoms with Crippen molar-refractivity contribution in [1.29, 1.82) is 0 Å². The van der Waals surface area contributed by atoms with E-state index in [-0.39, 0.29) is 24.2 Å². The Morgan fingerprint density at radius 1 is 1.30 bits per heavy atom. The zero-order chi connectivity index (χ0) is 15.3. The lowest BCUT2D eigenvalue weighted by Gasteiger charge is -2.38. The molecule has 0 aliphatic carbocycles. The second-order valence-electron chi connectivity index (χ2n) is 6.54. The lowest BCUT2D eigenvalue weighted by atomic mass is 9.97. The van der Waals surface area contributed by atoms with Crippen LogP contribution in [0.15, 0.2) is 30.3 Å². The molecule has 4 unspecified atom stereocenters. The number of fused-ring (bicyclic) bond motifs is 5. The number of carbonyl (C=O) groups is 1. The summed E-state index contributed by atoms with van der Waals surface area (Å²) < 4.78 is 11.4. The summed E-state index contributed by atoms with van der Waals surface area (Å²) in [5, 5.41) is 9.56. The van der Waals surface area contributed by atoms with E-state index >= 15 is 0 Å². The minimum absolute atomic E-state index is 0. The van der Waals surface area contributed by atoms with Crippen LogP contribution in [0.3, 0.4) is 0 Å². The molecule has 0 radical (unpaired) electrons. The Morgan fingerprint density at radius 2 is 1.91 bits per heavy atom. The molecule has 3 aliphatic rings. The van der Waals surface area contributed by atoms with Crippen molar-refractivity contribution in [2.24, 2.45) is 0 Å². The SMILES string of the molecule is CN1C2CC(OC(=O)[C@@H](CO)c3ccccc3)CC1C1OC12.O. The van der Waals surface area contributed by atoms with Crippen molar-refractivity contribution < 1.29 is 24.9 Å². The number of benzene rings is 1. The number of carbonyl (C=O) groups excluding carboxylic acids is 1. The highest BCUT2D eigenvalue weighted by Gasteiger charge is 2.62. The standard InChI is InChI=1S/C17H21NO4.H2O/c1-18-13-7-11(8-14(18)16-15(13)22-16)21-17(20)12(9-19)10-5-3-2-4-6-10;/h2-6,11-16,19H,7-9H2,1H3;1H2/t11?,12-,13?,14?,15?,16?;/m0./s1. The van der Waals surface area contributed by atoms with E-state index in [1.807, 2.05) is 30.3 Å². The van der Waals surface area contributed by atoms with Gasteiger partial charge >= 0.3 is 5.97 Å². The quantitative estimate of drug-likeness (QED) is 0.627. The van der Waals surface area contributed by atoms with E-state index < -0.39 is 5.92 Å². The van der Waals surface area contributed by atoms with Crippen LogP contribution in [0.5, 0.6) is 0 Å². The van der Waals surface area contributed by atoms with Crippen LogP contribution in [-0.2, 0) is 14.3 Å². The Morgan fingerprint density at radius 3 is 2.48 bits per heavy atom. The van der Waals surface area contributed by atoms with E-state index in [1.165, 1.54) is 0 Å². The maximum absolute atomic E-state index is 12.4. The molecule has 3 fully saturated rings. The van der Waals surface area contributed by atoms with Gasteiger partial charge in [-0.1, -0.05) is 30.3 Å². The zero-order valence-electron chi connectivity index (χ0n) is 13.1. The average molecular weight is 321 g/mol. The van der Waals surface area contributed by atoms with E-state index in [2.05, 4.69) is 11.9 Å². The van der Waals surface area contributed by atoms with Crippen molar-refractivity contribution in [2.75, 3.05) is 13.7 Å². The largest absolute Gasteiger partial charge is 0.462 e. The minimum Gasteiger partial charge on any atom is -0.462 e. The van der Waals surface area contributed by atoms with Gasteiger partial charge in [0.05, 0.1) is 6.61 Å². The summed E-state index contributed by atoms with van der Waals surface area (Å²) in [7, 11) is 2.13. The summed E-state index contributed by atoms with van der Waals surface area (Å²) in [6, 6.07) is 10.1. The molecule has 23 heavy (non-hydrogen) atoms. The summed E-state index contributed by atoms with van der Waals surface area (Å²) in [6.07, 6.45) is 2.26. The molecule has 6 nitrogen and oxygen atoms in total. The van der Waals surface area contributed by atoms with Crippen molar-refractivity contribution >= 4 is 5.97 Å². The first-order chi connectivity index (χ1) is 10.7. The lowest BCUT2D eigenvalue weighted by Crippen LogP contribution is -2.48. The van der Waals surface area contributed by atoms with Gasteiger partial charge in [0.25, 0.3) is 0 Å². The Balaban J connectivity index is 0.00000156. The number of aliphatic hydroxyl groups is 1. The molecule has 0 amide bonds. The van der Waals surface area contributed by atoms with Crippen LogP contribution in [0.1, 0.15) is 24.3 Å². The van der Waals surface area contributed by atoms with Gasteiger partial charge in [-0.15, -0.1) is 0 Å². The van der Waals surface area contributed by atoms with Gasteiger partial charge in [-0.2, -0.15) is 0 Å². The molecule has 0 aromatic heterocycles. The molecular weight excluding hydrogens is 298 g/mol. The second kappa shape index (κ2) is 6.20. The molecule has 0 spiro atoms. The average Bonchev–Trinajstić information content (AvgIpc) is 3.27. The molecular formula is C17H23NO5. The third-order valence-corrected chi connectivity index (χ3v) is 5.33. The summed E-state index contributed by atoms with van der Waals surface area (Å²) in [4.78, 5) is 14.8. The van der Waals surface area contributed by atoms with E-state index in [0.29, 0.717) is 24.3 Å². The molecule has 3 saturated heterocycles. The first-order valence-electron chi connectivity index (χ1n) is 7.92. The number of nitrogens with zero attached hydrogens (tertiary/aromatic N) is 1. The van der Waals surface area contributed by atoms with Gasteiger partial charge < -0.3 is 20.1 Å². The van der Waals surface area contributed by atoms with Crippen LogP contribution in [0.25, 0.3) is 0 Å². The highest BCUT2D eigenvalue weighted by atomic mass is 16.6. The zero-order valence-corrected chi connectivity index (χ0v) is 13.1. The first-order valence-corrected chi connectivity index (χ1v) is 7.92. The number of aliphatic hydroxyl groups excluding tert-OH is 1. The van der Waals surface area contributed by atoms with Crippen molar-refractivity contribution in [3.63, 3.8) is 0 Å². The Hall–Kier alpha value is -1.47. The molecule has 3 aliphatic heterocycles. The molecule has 3 N–H and O–H groups in total. The Kier molecular flexibility index (Phi) is 4.42. The maximum atomic E-state index is 12.4. The highest BCUT2D eigenvalue weighted by molar-refractivity contribution is 5.78. The van der Waals surface area contributed by atoms with Crippen LogP contribution in [0.4, 0.5) is 0 Å². The fourth-order valence-electron chi connectivity index (χ4n) is 4.04. The number of ether oxygens (including phenoxy) is 2. The number of rotatable bonds is 4. The minimum atomic E-state index is -0.593. The van der Waals surface area contributed by atoms with Gasteiger partial charge in [0.1, 0.15) is 24.2 Å². The molecule has 3 heterocycles. The third-order valence-electron chi connectivity index (χ3n) is 5.33. The van der Waals surface area contributed by atoms with Crippen LogP contribution in [0, 0.1) is 0 Å². The monoisotopic (exact) mass is 321 g/mol. The summed E-state index contributed by atoms with van der Waals surface area (Å²) in [6.45, 7) is -0.226. The van der Waals surface area contributed by atoms with Crippen LogP contribution in [-0.4, -0.2) is 65.5 Å². The molecule has 1 aromatic carbocycles. The predicted octanol–water partition coefficient (Wildman–Crippen LogP) is 0.0934. The second-order valence-corrected chi connectivity index (χ2v) is 6.54. The van der Waals surface area contributed by atoms with Crippen molar-refractivity contribution in [2.45, 2.75) is 49.2 Å². The molecule has 6 heteroatoms. The molecule has 5 atom stereocenters. The Bertz CT molecular complexity index is 547. The van der Waals surface area contributed by atoms with Crippen molar-refractivity contribution in [3.8, 4) is 0 Å². The lowest BCUT2D eigenvalue weighted by molar-refractivity contribution is -0.156. The fraction of sp³-hybridized carbons (Fsp3) is 0.588. The first kappa shape index (κ1) is 16.4. The molecule has 0 saturated carbocycles. The van der Waals surface area contributed by atoms with E-state index in [1.54, 1.807) is 0 Å². The van der Waals surface area contributed by atoms with Gasteiger partial charge in [-0.3, -0.25) is 9.69 Å². The Labute approximate surface area is 135 Å². The molecule has 126 valence electrons. The van der Waals surface area contributed by atoms with Crippen molar-refractivity contribution in [1.82, 2.24) is 4.90 Å². The highest BCUT2D eigenvalue weighted by Crippen LogP contribution is 2.48.